The molecule has 2 rings (SSSR count). The molecule has 1 heterocycles. The summed E-state index contributed by atoms with van der Waals surface area (Å²) in [6.45, 7) is 5.05. The minimum atomic E-state index is 0.581. The molecule has 110 valence electrons. The van der Waals surface area contributed by atoms with E-state index in [9.17, 15) is 0 Å². The minimum Gasteiger partial charge on any atom is -0.490 e. The van der Waals surface area contributed by atoms with E-state index in [1.165, 1.54) is 0 Å². The molecule has 0 aliphatic heterocycles. The van der Waals surface area contributed by atoms with Crippen LogP contribution in [0, 0.1) is 0 Å². The van der Waals surface area contributed by atoms with Gasteiger partial charge in [-0.2, -0.15) is 10.2 Å². The van der Waals surface area contributed by atoms with E-state index < -0.39 is 0 Å². The van der Waals surface area contributed by atoms with Crippen molar-refractivity contribution in [3.63, 3.8) is 0 Å². The van der Waals surface area contributed by atoms with Crippen LogP contribution in [0.15, 0.2) is 51.2 Å². The maximum Gasteiger partial charge on any atom is 0.161 e. The van der Waals surface area contributed by atoms with Gasteiger partial charge in [0.15, 0.2) is 11.5 Å². The Morgan fingerprint density at radius 1 is 1.00 bits per heavy atom. The van der Waals surface area contributed by atoms with Crippen LogP contribution in [-0.4, -0.2) is 25.6 Å². The molecule has 0 amide bonds. The molecule has 0 unspecified atom stereocenters. The molecule has 5 heteroatoms. The van der Waals surface area contributed by atoms with Crippen molar-refractivity contribution in [2.45, 2.75) is 13.8 Å². The lowest BCUT2D eigenvalue weighted by atomic mass is 10.2. The monoisotopic (exact) mass is 286 g/mol. The van der Waals surface area contributed by atoms with Crippen LogP contribution in [-0.2, 0) is 0 Å². The van der Waals surface area contributed by atoms with Crippen molar-refractivity contribution in [3.05, 3.63) is 47.9 Å². The van der Waals surface area contributed by atoms with Crippen LogP contribution in [0.1, 0.15) is 25.2 Å². The summed E-state index contributed by atoms with van der Waals surface area (Å²) in [5.74, 6) is 2.10. The highest BCUT2D eigenvalue weighted by Crippen LogP contribution is 2.27. The topological polar surface area (TPSA) is 56.3 Å². The Morgan fingerprint density at radius 3 is 2.48 bits per heavy atom. The fourth-order valence-corrected chi connectivity index (χ4v) is 1.70. The van der Waals surface area contributed by atoms with Crippen molar-refractivity contribution in [3.8, 4) is 11.5 Å². The van der Waals surface area contributed by atoms with Crippen LogP contribution in [0.4, 0.5) is 0 Å². The van der Waals surface area contributed by atoms with E-state index in [-0.39, 0.29) is 0 Å². The van der Waals surface area contributed by atoms with Crippen molar-refractivity contribution >= 4 is 12.4 Å². The van der Waals surface area contributed by atoms with Crippen LogP contribution in [0.2, 0.25) is 0 Å². The van der Waals surface area contributed by atoms with Crippen molar-refractivity contribution in [2.75, 3.05) is 13.2 Å². The number of ether oxygens (including phenoxy) is 2. The molecule has 0 N–H and O–H groups in total. The molecule has 0 saturated heterocycles. The van der Waals surface area contributed by atoms with Gasteiger partial charge in [0.2, 0.25) is 0 Å². The molecule has 0 aliphatic carbocycles. The Morgan fingerprint density at radius 2 is 1.76 bits per heavy atom. The lowest BCUT2D eigenvalue weighted by Crippen LogP contribution is -1.99. The zero-order valence-electron chi connectivity index (χ0n) is 12.2. The molecule has 0 bridgehead atoms. The summed E-state index contributed by atoms with van der Waals surface area (Å²) >= 11 is 0. The van der Waals surface area contributed by atoms with E-state index in [1.54, 1.807) is 24.8 Å². The second-order valence-corrected chi connectivity index (χ2v) is 4.08. The quantitative estimate of drug-likeness (QED) is 0.578. The van der Waals surface area contributed by atoms with Gasteiger partial charge in [0.1, 0.15) is 5.76 Å². The summed E-state index contributed by atoms with van der Waals surface area (Å²) in [5.41, 5.74) is 0.887. The van der Waals surface area contributed by atoms with Crippen LogP contribution in [0.25, 0.3) is 0 Å². The summed E-state index contributed by atoms with van der Waals surface area (Å²) in [4.78, 5) is 0. The van der Waals surface area contributed by atoms with Gasteiger partial charge in [-0.3, -0.25) is 0 Å². The average Bonchev–Trinajstić information content (AvgIpc) is 3.00. The molecule has 0 radical (unpaired) electrons. The summed E-state index contributed by atoms with van der Waals surface area (Å²) in [5, 5.41) is 7.90. The lowest BCUT2D eigenvalue weighted by Gasteiger charge is -2.10. The van der Waals surface area contributed by atoms with Gasteiger partial charge < -0.3 is 13.9 Å². The molecule has 1 aromatic carbocycles. The van der Waals surface area contributed by atoms with Gasteiger partial charge in [-0.1, -0.05) is 0 Å². The first-order valence-corrected chi connectivity index (χ1v) is 6.83. The highest BCUT2D eigenvalue weighted by atomic mass is 16.5. The number of nitrogens with zero attached hydrogens (tertiary/aromatic N) is 2. The zero-order valence-corrected chi connectivity index (χ0v) is 12.2. The fraction of sp³-hybridized carbons (Fsp3) is 0.250. The number of furan rings is 1. The summed E-state index contributed by atoms with van der Waals surface area (Å²) in [7, 11) is 0. The molecule has 1 aromatic heterocycles. The molecule has 0 saturated carbocycles. The van der Waals surface area contributed by atoms with E-state index in [0.29, 0.717) is 24.7 Å². The molecule has 21 heavy (non-hydrogen) atoms. The molecule has 0 atom stereocenters. The maximum absolute atomic E-state index is 5.56. The Kier molecular flexibility index (Phi) is 5.58. The Bertz CT molecular complexity index is 604. The molecular formula is C16H18N2O3. The van der Waals surface area contributed by atoms with Crippen LogP contribution in [0.3, 0.4) is 0 Å². The predicted octanol–water partition coefficient (Wildman–Crippen LogP) is 3.53. The molecule has 2 aromatic rings. The normalized spacial score (nSPS) is 11.3. The first-order valence-electron chi connectivity index (χ1n) is 6.83. The Hall–Kier alpha value is -2.56. The van der Waals surface area contributed by atoms with E-state index in [0.717, 1.165) is 11.3 Å². The van der Waals surface area contributed by atoms with Gasteiger partial charge in [0.25, 0.3) is 0 Å². The summed E-state index contributed by atoms with van der Waals surface area (Å²) in [6, 6.07) is 9.25. The second-order valence-electron chi connectivity index (χ2n) is 4.08. The third-order valence-corrected chi connectivity index (χ3v) is 2.57. The lowest BCUT2D eigenvalue weighted by molar-refractivity contribution is 0.288. The number of benzene rings is 1. The highest BCUT2D eigenvalue weighted by Gasteiger charge is 2.04. The van der Waals surface area contributed by atoms with Gasteiger partial charge in [0, 0.05) is 0 Å². The summed E-state index contributed by atoms with van der Waals surface area (Å²) in [6.07, 6.45) is 4.79. The number of rotatable bonds is 7. The fourth-order valence-electron chi connectivity index (χ4n) is 1.70. The van der Waals surface area contributed by atoms with Crippen molar-refractivity contribution in [1.29, 1.82) is 0 Å². The second kappa shape index (κ2) is 7.89. The standard InChI is InChI=1S/C16H18N2O3/c1-3-19-15-8-7-13(10-16(15)20-4-2)11-17-18-12-14-6-5-9-21-14/h5-12H,3-4H2,1-2H3/b17-11+,18-12-. The molecule has 5 nitrogen and oxygen atoms in total. The third-order valence-electron chi connectivity index (χ3n) is 2.57. The number of hydrogen-bond donors (Lipinski definition) is 0. The molecule has 0 aliphatic rings. The smallest absolute Gasteiger partial charge is 0.161 e. The molecule has 0 spiro atoms. The van der Waals surface area contributed by atoms with Gasteiger partial charge >= 0.3 is 0 Å². The van der Waals surface area contributed by atoms with Crippen LogP contribution < -0.4 is 9.47 Å². The van der Waals surface area contributed by atoms with Gasteiger partial charge in [-0.05, 0) is 49.7 Å². The largest absolute Gasteiger partial charge is 0.490 e. The van der Waals surface area contributed by atoms with E-state index in [4.69, 9.17) is 13.9 Å². The average molecular weight is 286 g/mol. The molecule has 0 fully saturated rings. The van der Waals surface area contributed by atoms with E-state index in [2.05, 4.69) is 10.2 Å². The van der Waals surface area contributed by atoms with Gasteiger partial charge in [-0.25, -0.2) is 0 Å². The van der Waals surface area contributed by atoms with Crippen molar-refractivity contribution < 1.29 is 13.9 Å². The maximum atomic E-state index is 5.56. The number of hydrogen-bond acceptors (Lipinski definition) is 5. The third kappa shape index (κ3) is 4.49. The molecular weight excluding hydrogens is 268 g/mol. The van der Waals surface area contributed by atoms with Crippen molar-refractivity contribution in [1.82, 2.24) is 0 Å². The van der Waals surface area contributed by atoms with Crippen LogP contribution >= 0.6 is 0 Å². The van der Waals surface area contributed by atoms with Crippen LogP contribution in [0.5, 0.6) is 11.5 Å². The Labute approximate surface area is 123 Å². The summed E-state index contributed by atoms with van der Waals surface area (Å²) < 4.78 is 16.2. The SMILES string of the molecule is CCOc1ccc(/C=N/N=C\c2ccco2)cc1OCC. The highest BCUT2D eigenvalue weighted by molar-refractivity contribution is 5.82. The zero-order chi connectivity index (χ0) is 14.9. The minimum absolute atomic E-state index is 0.581. The van der Waals surface area contributed by atoms with Crippen molar-refractivity contribution in [2.24, 2.45) is 10.2 Å². The van der Waals surface area contributed by atoms with E-state index in [1.807, 2.05) is 38.1 Å². The van der Waals surface area contributed by atoms with Gasteiger partial charge in [0.05, 0.1) is 31.9 Å². The first-order chi connectivity index (χ1) is 10.3. The first kappa shape index (κ1) is 14.8. The predicted molar refractivity (Wildman–Crippen MR) is 82.7 cm³/mol. The van der Waals surface area contributed by atoms with Gasteiger partial charge in [-0.15, -0.1) is 0 Å². The van der Waals surface area contributed by atoms with E-state index >= 15 is 0 Å². The Balaban J connectivity index is 2.07.